The van der Waals surface area contributed by atoms with Crippen LogP contribution in [0.2, 0.25) is 5.02 Å². The van der Waals surface area contributed by atoms with Gasteiger partial charge in [-0.1, -0.05) is 23.7 Å². The lowest BCUT2D eigenvalue weighted by atomic mass is 10.2. The van der Waals surface area contributed by atoms with Crippen LogP contribution in [-0.4, -0.2) is 21.6 Å². The van der Waals surface area contributed by atoms with Crippen LogP contribution in [0, 0.1) is 5.82 Å². The minimum atomic E-state index is -0.680. The van der Waals surface area contributed by atoms with E-state index < -0.39 is 17.2 Å². The van der Waals surface area contributed by atoms with Gasteiger partial charge in [0.25, 0.3) is 5.56 Å². The molecule has 0 radical (unpaired) electrons. The van der Waals surface area contributed by atoms with Crippen LogP contribution in [0.4, 0.5) is 4.39 Å². The summed E-state index contributed by atoms with van der Waals surface area (Å²) < 4.78 is 20.7. The standard InChI is InChI=1S/C25H21ClFN3O4/c1-2-34-20-10-8-19(9-11-20)30-24(32)21-12-5-17(26)13-22(21)29(25(30)33)15-23(31)28-14-16-3-6-18(27)7-4-16/h3-13H,2,14-15H2,1H3,(H,28,31). The number of hydrogen-bond acceptors (Lipinski definition) is 4. The smallest absolute Gasteiger partial charge is 0.336 e. The number of hydrogen-bond donors (Lipinski definition) is 1. The van der Waals surface area contributed by atoms with Crippen LogP contribution >= 0.6 is 11.6 Å². The minimum absolute atomic E-state index is 0.158. The number of fused-ring (bicyclic) bond motifs is 1. The number of rotatable bonds is 7. The van der Waals surface area contributed by atoms with E-state index in [4.69, 9.17) is 16.3 Å². The lowest BCUT2D eigenvalue weighted by molar-refractivity contribution is -0.121. The summed E-state index contributed by atoms with van der Waals surface area (Å²) >= 11 is 6.12. The summed E-state index contributed by atoms with van der Waals surface area (Å²) in [5.74, 6) is -0.224. The van der Waals surface area contributed by atoms with Crippen molar-refractivity contribution < 1.29 is 13.9 Å². The number of aromatic nitrogens is 2. The predicted molar refractivity (Wildman–Crippen MR) is 128 cm³/mol. The summed E-state index contributed by atoms with van der Waals surface area (Å²) in [6.45, 7) is 2.15. The second-order valence-corrected chi connectivity index (χ2v) is 7.94. The fraction of sp³-hybridized carbons (Fsp3) is 0.160. The first kappa shape index (κ1) is 23.3. The lowest BCUT2D eigenvalue weighted by Gasteiger charge is -2.15. The van der Waals surface area contributed by atoms with Crippen molar-refractivity contribution in [1.29, 1.82) is 0 Å². The average molecular weight is 482 g/mol. The number of amides is 1. The summed E-state index contributed by atoms with van der Waals surface area (Å²) in [5, 5.41) is 3.28. The van der Waals surface area contributed by atoms with E-state index in [9.17, 15) is 18.8 Å². The number of benzene rings is 3. The van der Waals surface area contributed by atoms with Crippen molar-refractivity contribution in [3.63, 3.8) is 0 Å². The van der Waals surface area contributed by atoms with Crippen molar-refractivity contribution in [2.24, 2.45) is 0 Å². The van der Waals surface area contributed by atoms with Gasteiger partial charge in [0, 0.05) is 11.6 Å². The topological polar surface area (TPSA) is 82.3 Å². The predicted octanol–water partition coefficient (Wildman–Crippen LogP) is 3.66. The molecule has 1 heterocycles. The Labute approximate surface area is 199 Å². The Bertz CT molecular complexity index is 1460. The van der Waals surface area contributed by atoms with Gasteiger partial charge in [0.2, 0.25) is 5.91 Å². The van der Waals surface area contributed by atoms with Crippen LogP contribution in [-0.2, 0) is 17.9 Å². The summed E-state index contributed by atoms with van der Waals surface area (Å²) in [5.41, 5.74) is 0.0939. The fourth-order valence-electron chi connectivity index (χ4n) is 3.58. The maximum atomic E-state index is 13.4. The van der Waals surface area contributed by atoms with Gasteiger partial charge in [0.1, 0.15) is 18.1 Å². The molecule has 0 saturated heterocycles. The van der Waals surface area contributed by atoms with E-state index in [2.05, 4.69) is 5.32 Å². The molecular weight excluding hydrogens is 461 g/mol. The van der Waals surface area contributed by atoms with Gasteiger partial charge in [-0.25, -0.2) is 13.8 Å². The van der Waals surface area contributed by atoms with Gasteiger partial charge < -0.3 is 10.1 Å². The van der Waals surface area contributed by atoms with E-state index in [1.54, 1.807) is 42.5 Å². The highest BCUT2D eigenvalue weighted by Gasteiger charge is 2.17. The zero-order chi connectivity index (χ0) is 24.2. The van der Waals surface area contributed by atoms with Gasteiger partial charge >= 0.3 is 5.69 Å². The van der Waals surface area contributed by atoms with E-state index in [1.165, 1.54) is 28.8 Å². The van der Waals surface area contributed by atoms with E-state index in [-0.39, 0.29) is 29.8 Å². The van der Waals surface area contributed by atoms with Crippen molar-refractivity contribution in [2.75, 3.05) is 6.61 Å². The molecule has 4 rings (SSSR count). The van der Waals surface area contributed by atoms with E-state index in [0.29, 0.717) is 28.6 Å². The zero-order valence-electron chi connectivity index (χ0n) is 18.3. The zero-order valence-corrected chi connectivity index (χ0v) is 19.0. The number of carbonyl (C=O) groups excluding carboxylic acids is 1. The molecule has 0 saturated carbocycles. The number of carbonyl (C=O) groups is 1. The van der Waals surface area contributed by atoms with Crippen molar-refractivity contribution in [1.82, 2.24) is 14.5 Å². The third kappa shape index (κ3) is 4.87. The molecule has 0 fully saturated rings. The molecule has 0 unspecified atom stereocenters. The van der Waals surface area contributed by atoms with Gasteiger partial charge in [-0.15, -0.1) is 0 Å². The molecule has 0 atom stereocenters. The third-order valence-corrected chi connectivity index (χ3v) is 5.45. The SMILES string of the molecule is CCOc1ccc(-n2c(=O)c3ccc(Cl)cc3n(CC(=O)NCc3ccc(F)cc3)c2=O)cc1. The number of halogens is 2. The van der Waals surface area contributed by atoms with Crippen molar-refractivity contribution in [3.8, 4) is 11.4 Å². The summed E-state index contributed by atoms with van der Waals surface area (Å²) in [6, 6.07) is 16.8. The Morgan fingerprint density at radius 3 is 2.41 bits per heavy atom. The highest BCUT2D eigenvalue weighted by Crippen LogP contribution is 2.18. The molecule has 0 aliphatic rings. The molecule has 0 spiro atoms. The Kier molecular flexibility index (Phi) is 6.79. The van der Waals surface area contributed by atoms with E-state index >= 15 is 0 Å². The Morgan fingerprint density at radius 2 is 1.74 bits per heavy atom. The quantitative estimate of drug-likeness (QED) is 0.437. The fourth-order valence-corrected chi connectivity index (χ4v) is 3.75. The molecule has 34 heavy (non-hydrogen) atoms. The molecule has 0 aliphatic carbocycles. The van der Waals surface area contributed by atoms with Crippen molar-refractivity contribution in [3.05, 3.63) is 104 Å². The molecule has 0 bridgehead atoms. The molecule has 3 aromatic carbocycles. The number of nitrogens with one attached hydrogen (secondary N) is 1. The maximum absolute atomic E-state index is 13.4. The first-order chi connectivity index (χ1) is 16.4. The van der Waals surface area contributed by atoms with Crippen LogP contribution in [0.1, 0.15) is 12.5 Å². The monoisotopic (exact) mass is 481 g/mol. The highest BCUT2D eigenvalue weighted by molar-refractivity contribution is 6.31. The first-order valence-electron chi connectivity index (χ1n) is 10.6. The maximum Gasteiger partial charge on any atom is 0.336 e. The molecule has 7 nitrogen and oxygen atoms in total. The Balaban J connectivity index is 1.73. The van der Waals surface area contributed by atoms with Gasteiger partial charge in [0.05, 0.1) is 23.2 Å². The van der Waals surface area contributed by atoms with E-state index in [0.717, 1.165) is 4.57 Å². The first-order valence-corrected chi connectivity index (χ1v) is 10.9. The minimum Gasteiger partial charge on any atom is -0.494 e. The van der Waals surface area contributed by atoms with Gasteiger partial charge in [-0.05, 0) is 67.1 Å². The Morgan fingerprint density at radius 1 is 1.03 bits per heavy atom. The number of ether oxygens (including phenoxy) is 1. The third-order valence-electron chi connectivity index (χ3n) is 5.22. The number of nitrogens with zero attached hydrogens (tertiary/aromatic N) is 2. The summed E-state index contributed by atoms with van der Waals surface area (Å²) in [4.78, 5) is 39.3. The van der Waals surface area contributed by atoms with Gasteiger partial charge in [-0.3, -0.25) is 14.2 Å². The molecule has 9 heteroatoms. The van der Waals surface area contributed by atoms with Crippen LogP contribution in [0.25, 0.3) is 16.6 Å². The molecule has 1 aromatic heterocycles. The van der Waals surface area contributed by atoms with Crippen molar-refractivity contribution >= 4 is 28.4 Å². The van der Waals surface area contributed by atoms with Crippen LogP contribution < -0.4 is 21.3 Å². The van der Waals surface area contributed by atoms with Gasteiger partial charge in [-0.2, -0.15) is 0 Å². The molecule has 174 valence electrons. The molecule has 4 aromatic rings. The highest BCUT2D eigenvalue weighted by atomic mass is 35.5. The molecular formula is C25H21ClFN3O4. The van der Waals surface area contributed by atoms with Crippen LogP contribution in [0.15, 0.2) is 76.3 Å². The van der Waals surface area contributed by atoms with Crippen LogP contribution in [0.3, 0.4) is 0 Å². The van der Waals surface area contributed by atoms with Crippen molar-refractivity contribution in [2.45, 2.75) is 20.0 Å². The molecule has 1 amide bonds. The normalized spacial score (nSPS) is 10.9. The van der Waals surface area contributed by atoms with Crippen LogP contribution in [0.5, 0.6) is 5.75 Å². The molecule has 0 aliphatic heterocycles. The average Bonchev–Trinajstić information content (AvgIpc) is 2.82. The Hall–Kier alpha value is -3.91. The largest absolute Gasteiger partial charge is 0.494 e. The summed E-state index contributed by atoms with van der Waals surface area (Å²) in [6.07, 6.45) is 0. The second-order valence-electron chi connectivity index (χ2n) is 7.50. The van der Waals surface area contributed by atoms with E-state index in [1.807, 2.05) is 6.92 Å². The second kappa shape index (κ2) is 9.93. The molecule has 1 N–H and O–H groups in total. The van der Waals surface area contributed by atoms with Gasteiger partial charge in [0.15, 0.2) is 0 Å². The lowest BCUT2D eigenvalue weighted by Crippen LogP contribution is -2.41. The summed E-state index contributed by atoms with van der Waals surface area (Å²) in [7, 11) is 0.